The van der Waals surface area contributed by atoms with Gasteiger partial charge in [-0.2, -0.15) is 0 Å². The van der Waals surface area contributed by atoms with E-state index in [2.05, 4.69) is 71.8 Å². The molecule has 236 valence electrons. The van der Waals surface area contributed by atoms with Crippen LogP contribution in [0, 0.1) is 0 Å². The van der Waals surface area contributed by atoms with E-state index in [9.17, 15) is 0 Å². The highest BCUT2D eigenvalue weighted by Gasteiger charge is 2.25. The Morgan fingerprint density at radius 2 is 0.911 bits per heavy atom. The second-order valence-electron chi connectivity index (χ2n) is 11.9. The number of rotatable bonds is 18. The molecule has 0 aliphatic rings. The monoisotopic (exact) mass is 688 g/mol. The summed E-state index contributed by atoms with van der Waals surface area (Å²) in [7, 11) is 0. The Kier molecular flexibility index (Phi) is 12.1. The van der Waals surface area contributed by atoms with Crippen molar-refractivity contribution in [3.05, 3.63) is 69.0 Å². The third kappa shape index (κ3) is 7.87. The highest BCUT2D eigenvalue weighted by Crippen LogP contribution is 2.49. The number of nitrogens with zero attached hydrogens (tertiary/aromatic N) is 2. The van der Waals surface area contributed by atoms with Crippen LogP contribution in [0.4, 0.5) is 0 Å². The van der Waals surface area contributed by atoms with E-state index in [4.69, 9.17) is 9.97 Å². The van der Waals surface area contributed by atoms with Gasteiger partial charge in [0, 0.05) is 9.75 Å². The summed E-state index contributed by atoms with van der Waals surface area (Å²) in [4.78, 5) is 18.9. The molecule has 0 atom stereocenters. The molecule has 6 aromatic rings. The summed E-state index contributed by atoms with van der Waals surface area (Å²) in [6.45, 7) is 4.59. The van der Waals surface area contributed by atoms with E-state index in [1.54, 1.807) is 22.7 Å². The second-order valence-corrected chi connectivity index (χ2v) is 16.7. The SMILES string of the molecule is CCCCCCCCc1ccsc1-c1sc(-c2sccc2CCCCCCCC)c2nc(-c3cccs3)c(-c3cccs3)nc12. The van der Waals surface area contributed by atoms with Crippen molar-refractivity contribution >= 4 is 67.7 Å². The highest BCUT2D eigenvalue weighted by atomic mass is 32.1. The Morgan fingerprint density at radius 3 is 1.33 bits per heavy atom. The lowest BCUT2D eigenvalue weighted by Crippen LogP contribution is -1.93. The molecule has 0 spiro atoms. The topological polar surface area (TPSA) is 25.8 Å². The van der Waals surface area contributed by atoms with Gasteiger partial charge in [0.25, 0.3) is 0 Å². The fourth-order valence-electron chi connectivity index (χ4n) is 6.08. The smallest absolute Gasteiger partial charge is 0.110 e. The molecule has 0 fully saturated rings. The first-order valence-electron chi connectivity index (χ1n) is 16.8. The van der Waals surface area contributed by atoms with Crippen LogP contribution >= 0.6 is 56.7 Å². The van der Waals surface area contributed by atoms with Gasteiger partial charge in [-0.25, -0.2) is 9.97 Å². The maximum Gasteiger partial charge on any atom is 0.110 e. The summed E-state index contributed by atoms with van der Waals surface area (Å²) in [5.74, 6) is 0. The van der Waals surface area contributed by atoms with Crippen molar-refractivity contribution in [2.24, 2.45) is 0 Å². The van der Waals surface area contributed by atoms with Gasteiger partial charge in [0.1, 0.15) is 22.4 Å². The third-order valence-electron chi connectivity index (χ3n) is 8.54. The van der Waals surface area contributed by atoms with Crippen LogP contribution in [0.3, 0.4) is 0 Å². The Morgan fingerprint density at radius 1 is 0.467 bits per heavy atom. The molecule has 0 amide bonds. The molecule has 45 heavy (non-hydrogen) atoms. The van der Waals surface area contributed by atoms with E-state index in [0.29, 0.717) is 0 Å². The van der Waals surface area contributed by atoms with Crippen LogP contribution in [0.2, 0.25) is 0 Å². The minimum Gasteiger partial charge on any atom is -0.241 e. The molecule has 6 aromatic heterocycles. The number of hydrogen-bond donors (Lipinski definition) is 0. The minimum atomic E-state index is 1.01. The largest absolute Gasteiger partial charge is 0.241 e. The van der Waals surface area contributed by atoms with Gasteiger partial charge < -0.3 is 0 Å². The molecule has 0 aromatic carbocycles. The fraction of sp³-hybridized carbons (Fsp3) is 0.421. The van der Waals surface area contributed by atoms with Gasteiger partial charge in [-0.15, -0.1) is 56.7 Å². The molecule has 0 bridgehead atoms. The van der Waals surface area contributed by atoms with E-state index in [0.717, 1.165) is 35.3 Å². The molecular formula is C38H44N2S5. The third-order valence-corrected chi connectivity index (χ3v) is 13.7. The molecule has 6 rings (SSSR count). The molecule has 7 heteroatoms. The normalized spacial score (nSPS) is 11.7. The Hall–Kier alpha value is -2.16. The molecule has 0 unspecified atom stereocenters. The van der Waals surface area contributed by atoms with Crippen LogP contribution < -0.4 is 0 Å². The van der Waals surface area contributed by atoms with Gasteiger partial charge in [-0.05, 0) is 82.6 Å². The van der Waals surface area contributed by atoms with E-state index in [1.165, 1.54) is 117 Å². The quantitative estimate of drug-likeness (QED) is 0.0840. The van der Waals surface area contributed by atoms with Crippen LogP contribution in [0.15, 0.2) is 57.9 Å². The molecular weight excluding hydrogens is 645 g/mol. The molecule has 0 saturated carbocycles. The zero-order valence-electron chi connectivity index (χ0n) is 26.6. The number of unbranched alkanes of at least 4 members (excludes halogenated alkanes) is 10. The summed E-state index contributed by atoms with van der Waals surface area (Å²) < 4.78 is 0. The summed E-state index contributed by atoms with van der Waals surface area (Å²) in [6.07, 6.45) is 18.2. The molecule has 0 N–H and O–H groups in total. The van der Waals surface area contributed by atoms with Gasteiger partial charge in [-0.3, -0.25) is 0 Å². The van der Waals surface area contributed by atoms with Crippen molar-refractivity contribution in [2.75, 3.05) is 0 Å². The first kappa shape index (κ1) is 32.8. The van der Waals surface area contributed by atoms with Gasteiger partial charge >= 0.3 is 0 Å². The summed E-state index contributed by atoms with van der Waals surface area (Å²) in [5, 5.41) is 8.88. The Bertz CT molecular complexity index is 1610. The lowest BCUT2D eigenvalue weighted by molar-refractivity contribution is 0.608. The predicted molar refractivity (Wildman–Crippen MR) is 205 cm³/mol. The van der Waals surface area contributed by atoms with Crippen molar-refractivity contribution in [3.63, 3.8) is 0 Å². The van der Waals surface area contributed by atoms with Gasteiger partial charge in [0.15, 0.2) is 0 Å². The van der Waals surface area contributed by atoms with E-state index >= 15 is 0 Å². The predicted octanol–water partition coefficient (Wildman–Crippen LogP) is 14.4. The maximum atomic E-state index is 5.54. The van der Waals surface area contributed by atoms with Crippen LogP contribution in [0.1, 0.15) is 102 Å². The summed E-state index contributed by atoms with van der Waals surface area (Å²) in [6, 6.07) is 13.4. The minimum absolute atomic E-state index is 1.01. The van der Waals surface area contributed by atoms with Crippen LogP contribution in [0.5, 0.6) is 0 Å². The van der Waals surface area contributed by atoms with Crippen LogP contribution in [-0.2, 0) is 12.8 Å². The zero-order chi connectivity index (χ0) is 30.8. The molecule has 0 aliphatic heterocycles. The van der Waals surface area contributed by atoms with E-state index in [-0.39, 0.29) is 0 Å². The fourth-order valence-corrected chi connectivity index (χ4v) is 11.0. The lowest BCUT2D eigenvalue weighted by atomic mass is 10.0. The molecule has 0 saturated heterocycles. The Labute approximate surface area is 289 Å². The number of aryl methyl sites for hydroxylation is 2. The average Bonchev–Trinajstić information content (AvgIpc) is 3.89. The van der Waals surface area contributed by atoms with Gasteiger partial charge in [0.05, 0.1) is 19.5 Å². The van der Waals surface area contributed by atoms with Gasteiger partial charge in [-0.1, -0.05) is 90.2 Å². The van der Waals surface area contributed by atoms with Crippen molar-refractivity contribution < 1.29 is 0 Å². The molecule has 0 radical (unpaired) electrons. The van der Waals surface area contributed by atoms with Gasteiger partial charge in [0.2, 0.25) is 0 Å². The maximum absolute atomic E-state index is 5.54. The molecule has 6 heterocycles. The van der Waals surface area contributed by atoms with E-state index < -0.39 is 0 Å². The van der Waals surface area contributed by atoms with Crippen LogP contribution in [0.25, 0.3) is 51.7 Å². The number of fused-ring (bicyclic) bond motifs is 1. The van der Waals surface area contributed by atoms with Crippen molar-refractivity contribution in [1.82, 2.24) is 9.97 Å². The van der Waals surface area contributed by atoms with Crippen molar-refractivity contribution in [1.29, 1.82) is 0 Å². The zero-order valence-corrected chi connectivity index (χ0v) is 30.7. The average molecular weight is 689 g/mol. The Balaban J connectivity index is 1.41. The first-order chi connectivity index (χ1) is 22.3. The van der Waals surface area contributed by atoms with E-state index in [1.807, 2.05) is 34.0 Å². The standard InChI is InChI=1S/C38H44N2S5/c1-3-5-7-9-11-13-17-27-21-25-43-35(27)37-33-34(38(45-37)36-28(22-26-44-36)18-14-12-10-8-6-4-2)40-32(30-20-16-24-42-30)31(39-33)29-19-15-23-41-29/h15-16,19-26H,3-14,17-18H2,1-2H3. The molecule has 0 aliphatic carbocycles. The van der Waals surface area contributed by atoms with Crippen LogP contribution in [-0.4, -0.2) is 9.97 Å². The summed E-state index contributed by atoms with van der Waals surface area (Å²) in [5.41, 5.74) is 7.13. The lowest BCUT2D eigenvalue weighted by Gasteiger charge is -2.08. The highest BCUT2D eigenvalue weighted by molar-refractivity contribution is 7.27. The number of hydrogen-bond acceptors (Lipinski definition) is 7. The van der Waals surface area contributed by atoms with Crippen molar-refractivity contribution in [3.8, 4) is 40.7 Å². The molecule has 2 nitrogen and oxygen atoms in total. The number of thiophene rings is 5. The van der Waals surface area contributed by atoms with Crippen molar-refractivity contribution in [2.45, 2.75) is 104 Å². The number of aromatic nitrogens is 2. The first-order valence-corrected chi connectivity index (χ1v) is 21.2. The summed E-state index contributed by atoms with van der Waals surface area (Å²) >= 11 is 9.21. The second kappa shape index (κ2) is 16.6.